The summed E-state index contributed by atoms with van der Waals surface area (Å²) in [6.45, 7) is 2.43. The molecule has 2 aromatic carbocycles. The van der Waals surface area contributed by atoms with Gasteiger partial charge in [-0.25, -0.2) is 4.68 Å². The van der Waals surface area contributed by atoms with Gasteiger partial charge in [-0.2, -0.15) is 0 Å². The number of carbonyl (C=O) groups excluding carboxylic acids is 1. The van der Waals surface area contributed by atoms with Crippen molar-refractivity contribution >= 4 is 16.7 Å². The van der Waals surface area contributed by atoms with Gasteiger partial charge in [0.2, 0.25) is 0 Å². The van der Waals surface area contributed by atoms with Gasteiger partial charge < -0.3 is 10.6 Å². The Morgan fingerprint density at radius 2 is 2.12 bits per heavy atom. The van der Waals surface area contributed by atoms with E-state index in [4.69, 9.17) is 0 Å². The van der Waals surface area contributed by atoms with E-state index >= 15 is 0 Å². The third-order valence-corrected chi connectivity index (χ3v) is 4.62. The molecule has 4 rings (SSSR count). The number of aromatic nitrogens is 3. The number of fused-ring (bicyclic) bond motifs is 1. The molecule has 0 aliphatic carbocycles. The summed E-state index contributed by atoms with van der Waals surface area (Å²) in [4.78, 5) is 12.3. The topological polar surface area (TPSA) is 71.8 Å². The first-order chi connectivity index (χ1) is 12.3. The standard InChI is InChI=1S/C19H21N5O/c25-19(21-16-8-4-10-20-11-16)18-13-24(23-22-18)12-15-7-3-6-14-5-1-2-9-17(14)15/h1-3,5-7,9,13,16,20H,4,8,10-12H2,(H,21,25)/t16-/m0/s1. The number of rotatable bonds is 4. The van der Waals surface area contributed by atoms with Crippen molar-refractivity contribution < 1.29 is 4.79 Å². The molecule has 1 aromatic heterocycles. The molecule has 2 heterocycles. The molecule has 6 nitrogen and oxygen atoms in total. The van der Waals surface area contributed by atoms with E-state index < -0.39 is 0 Å². The van der Waals surface area contributed by atoms with Crippen LogP contribution in [0.5, 0.6) is 0 Å². The third kappa shape index (κ3) is 3.53. The summed E-state index contributed by atoms with van der Waals surface area (Å²) >= 11 is 0. The Hall–Kier alpha value is -2.73. The van der Waals surface area contributed by atoms with E-state index in [1.165, 1.54) is 10.8 Å². The van der Waals surface area contributed by atoms with Gasteiger partial charge in [-0.15, -0.1) is 5.10 Å². The molecule has 1 fully saturated rings. The molecule has 1 amide bonds. The van der Waals surface area contributed by atoms with E-state index in [0.717, 1.165) is 31.5 Å². The van der Waals surface area contributed by atoms with Crippen molar-refractivity contribution in [1.82, 2.24) is 25.6 Å². The van der Waals surface area contributed by atoms with Crippen LogP contribution < -0.4 is 10.6 Å². The van der Waals surface area contributed by atoms with Crippen LogP contribution in [0, 0.1) is 0 Å². The molecule has 1 aliphatic rings. The summed E-state index contributed by atoms with van der Waals surface area (Å²) in [5.74, 6) is -0.155. The number of hydrogen-bond donors (Lipinski definition) is 2. The quantitative estimate of drug-likeness (QED) is 0.764. The molecule has 25 heavy (non-hydrogen) atoms. The zero-order chi connectivity index (χ0) is 17.1. The molecule has 6 heteroatoms. The molecule has 1 atom stereocenters. The van der Waals surface area contributed by atoms with E-state index in [9.17, 15) is 4.79 Å². The monoisotopic (exact) mass is 335 g/mol. The van der Waals surface area contributed by atoms with E-state index in [1.54, 1.807) is 10.9 Å². The molecule has 2 N–H and O–H groups in total. The van der Waals surface area contributed by atoms with Crippen LogP contribution in [0.1, 0.15) is 28.9 Å². The average molecular weight is 335 g/mol. The molecule has 0 radical (unpaired) electrons. The Kier molecular flexibility index (Phi) is 4.43. The molecule has 0 spiro atoms. The Morgan fingerprint density at radius 1 is 1.24 bits per heavy atom. The zero-order valence-electron chi connectivity index (χ0n) is 14.0. The summed E-state index contributed by atoms with van der Waals surface area (Å²) < 4.78 is 1.72. The maximum atomic E-state index is 12.3. The van der Waals surface area contributed by atoms with Gasteiger partial charge in [0.15, 0.2) is 5.69 Å². The fourth-order valence-electron chi connectivity index (χ4n) is 3.32. The molecule has 1 saturated heterocycles. The van der Waals surface area contributed by atoms with Crippen LogP contribution in [0.2, 0.25) is 0 Å². The maximum Gasteiger partial charge on any atom is 0.273 e. The molecule has 1 aliphatic heterocycles. The van der Waals surface area contributed by atoms with Crippen LogP contribution in [0.4, 0.5) is 0 Å². The molecular weight excluding hydrogens is 314 g/mol. The van der Waals surface area contributed by atoms with E-state index in [-0.39, 0.29) is 11.9 Å². The lowest BCUT2D eigenvalue weighted by atomic mass is 10.0. The Bertz CT molecular complexity index is 877. The van der Waals surface area contributed by atoms with Crippen molar-refractivity contribution in [2.45, 2.75) is 25.4 Å². The highest BCUT2D eigenvalue weighted by Crippen LogP contribution is 2.19. The Balaban J connectivity index is 1.48. The maximum absolute atomic E-state index is 12.3. The normalized spacial score (nSPS) is 17.5. The minimum absolute atomic E-state index is 0.155. The predicted octanol–water partition coefficient (Wildman–Crippen LogP) is 1.96. The van der Waals surface area contributed by atoms with E-state index in [0.29, 0.717) is 12.2 Å². The van der Waals surface area contributed by atoms with Crippen molar-refractivity contribution in [3.63, 3.8) is 0 Å². The van der Waals surface area contributed by atoms with Crippen LogP contribution in [-0.2, 0) is 6.54 Å². The molecule has 0 unspecified atom stereocenters. The molecule has 0 saturated carbocycles. The SMILES string of the molecule is O=C(N[C@H]1CCCNC1)c1cn(Cc2cccc3ccccc23)nn1. The van der Waals surface area contributed by atoms with Gasteiger partial charge in [-0.05, 0) is 35.7 Å². The minimum Gasteiger partial charge on any atom is -0.347 e. The van der Waals surface area contributed by atoms with Gasteiger partial charge >= 0.3 is 0 Å². The summed E-state index contributed by atoms with van der Waals surface area (Å²) in [7, 11) is 0. The Labute approximate surface area is 146 Å². The highest BCUT2D eigenvalue weighted by molar-refractivity contribution is 5.92. The number of piperidine rings is 1. The second kappa shape index (κ2) is 7.03. The van der Waals surface area contributed by atoms with Gasteiger partial charge in [0.05, 0.1) is 12.7 Å². The highest BCUT2D eigenvalue weighted by Gasteiger charge is 2.18. The lowest BCUT2D eigenvalue weighted by molar-refractivity contribution is 0.0925. The highest BCUT2D eigenvalue weighted by atomic mass is 16.2. The van der Waals surface area contributed by atoms with Crippen molar-refractivity contribution in [2.24, 2.45) is 0 Å². The minimum atomic E-state index is -0.155. The van der Waals surface area contributed by atoms with Gasteiger partial charge in [-0.1, -0.05) is 47.7 Å². The number of nitrogens with one attached hydrogen (secondary N) is 2. The largest absolute Gasteiger partial charge is 0.347 e. The summed E-state index contributed by atoms with van der Waals surface area (Å²) in [6.07, 6.45) is 3.80. The summed E-state index contributed by atoms with van der Waals surface area (Å²) in [5.41, 5.74) is 1.53. The molecule has 3 aromatic rings. The van der Waals surface area contributed by atoms with Crippen LogP contribution in [0.15, 0.2) is 48.7 Å². The van der Waals surface area contributed by atoms with Crippen LogP contribution >= 0.6 is 0 Å². The van der Waals surface area contributed by atoms with Crippen molar-refractivity contribution in [3.8, 4) is 0 Å². The van der Waals surface area contributed by atoms with Gasteiger partial charge in [0, 0.05) is 12.6 Å². The number of nitrogens with zero attached hydrogens (tertiary/aromatic N) is 3. The summed E-state index contributed by atoms with van der Waals surface area (Å²) in [6, 6.07) is 14.6. The average Bonchev–Trinajstić information content (AvgIpc) is 3.12. The third-order valence-electron chi connectivity index (χ3n) is 4.62. The number of benzene rings is 2. The lowest BCUT2D eigenvalue weighted by Crippen LogP contribution is -2.45. The number of amides is 1. The van der Waals surface area contributed by atoms with Crippen molar-refractivity contribution in [3.05, 3.63) is 59.9 Å². The number of carbonyl (C=O) groups is 1. The van der Waals surface area contributed by atoms with Gasteiger partial charge in [0.25, 0.3) is 5.91 Å². The van der Waals surface area contributed by atoms with E-state index in [2.05, 4.69) is 45.2 Å². The first-order valence-electron chi connectivity index (χ1n) is 8.68. The Morgan fingerprint density at radius 3 is 3.00 bits per heavy atom. The van der Waals surface area contributed by atoms with E-state index in [1.807, 2.05) is 18.2 Å². The zero-order valence-corrected chi connectivity index (χ0v) is 14.0. The predicted molar refractivity (Wildman–Crippen MR) is 96.4 cm³/mol. The van der Waals surface area contributed by atoms with Crippen LogP contribution in [0.3, 0.4) is 0 Å². The van der Waals surface area contributed by atoms with Crippen LogP contribution in [0.25, 0.3) is 10.8 Å². The lowest BCUT2D eigenvalue weighted by Gasteiger charge is -2.23. The van der Waals surface area contributed by atoms with Gasteiger partial charge in [0.1, 0.15) is 0 Å². The molecule has 0 bridgehead atoms. The van der Waals surface area contributed by atoms with Crippen molar-refractivity contribution in [1.29, 1.82) is 0 Å². The van der Waals surface area contributed by atoms with Gasteiger partial charge in [-0.3, -0.25) is 4.79 Å². The second-order valence-electron chi connectivity index (χ2n) is 6.46. The van der Waals surface area contributed by atoms with Crippen LogP contribution in [-0.4, -0.2) is 40.0 Å². The first-order valence-corrected chi connectivity index (χ1v) is 8.68. The van der Waals surface area contributed by atoms with Crippen molar-refractivity contribution in [2.75, 3.05) is 13.1 Å². The fourth-order valence-corrected chi connectivity index (χ4v) is 3.32. The second-order valence-corrected chi connectivity index (χ2v) is 6.46. The number of hydrogen-bond acceptors (Lipinski definition) is 4. The first kappa shape index (κ1) is 15.8. The molecule has 128 valence electrons. The fraction of sp³-hybridized carbons (Fsp3) is 0.316. The summed E-state index contributed by atoms with van der Waals surface area (Å²) in [5, 5.41) is 16.9. The molecular formula is C19H21N5O. The smallest absolute Gasteiger partial charge is 0.273 e.